The maximum Gasteiger partial charge on any atom is 0.246 e. The lowest BCUT2D eigenvalue weighted by Crippen LogP contribution is -2.40. The van der Waals surface area contributed by atoms with Crippen molar-refractivity contribution in [3.63, 3.8) is 0 Å². The molecule has 1 fully saturated rings. The summed E-state index contributed by atoms with van der Waals surface area (Å²) in [5.74, 6) is 0.393. The van der Waals surface area contributed by atoms with Crippen molar-refractivity contribution in [1.82, 2.24) is 30.4 Å². The van der Waals surface area contributed by atoms with Crippen LogP contribution >= 0.6 is 22.9 Å². The van der Waals surface area contributed by atoms with Gasteiger partial charge in [0.1, 0.15) is 0 Å². The fourth-order valence-electron chi connectivity index (χ4n) is 3.78. The predicted molar refractivity (Wildman–Crippen MR) is 118 cm³/mol. The van der Waals surface area contributed by atoms with Crippen molar-refractivity contribution < 1.29 is 4.79 Å². The second kappa shape index (κ2) is 9.68. The van der Waals surface area contributed by atoms with E-state index in [0.717, 1.165) is 18.7 Å². The molecule has 0 bridgehead atoms. The van der Waals surface area contributed by atoms with E-state index in [1.165, 1.54) is 22.5 Å². The first kappa shape index (κ1) is 21.0. The fourth-order valence-corrected chi connectivity index (χ4v) is 4.77. The van der Waals surface area contributed by atoms with Gasteiger partial charge >= 0.3 is 0 Å². The van der Waals surface area contributed by atoms with Gasteiger partial charge in [0, 0.05) is 22.0 Å². The molecule has 0 unspecified atom stereocenters. The van der Waals surface area contributed by atoms with Gasteiger partial charge < -0.3 is 5.32 Å². The van der Waals surface area contributed by atoms with E-state index in [4.69, 9.17) is 11.6 Å². The van der Waals surface area contributed by atoms with Crippen LogP contribution in [-0.2, 0) is 4.79 Å². The lowest BCUT2D eigenvalue weighted by atomic mass is 10.2. The van der Waals surface area contributed by atoms with Gasteiger partial charge in [-0.05, 0) is 73.3 Å². The molecule has 3 aromatic rings. The van der Waals surface area contributed by atoms with Gasteiger partial charge in [0.15, 0.2) is 6.04 Å². The van der Waals surface area contributed by atoms with Crippen molar-refractivity contribution in [3.05, 3.63) is 51.7 Å². The van der Waals surface area contributed by atoms with Gasteiger partial charge in [-0.2, -0.15) is 4.80 Å². The molecule has 4 rings (SSSR count). The smallest absolute Gasteiger partial charge is 0.246 e. The third-order valence-electron chi connectivity index (χ3n) is 5.42. The van der Waals surface area contributed by atoms with Crippen LogP contribution in [0.4, 0.5) is 0 Å². The highest BCUT2D eigenvalue weighted by Gasteiger charge is 2.27. The van der Waals surface area contributed by atoms with Crippen LogP contribution in [0, 0.1) is 0 Å². The van der Waals surface area contributed by atoms with E-state index in [-0.39, 0.29) is 11.9 Å². The summed E-state index contributed by atoms with van der Waals surface area (Å²) in [6.07, 6.45) is 3.00. The average Bonchev–Trinajstić information content (AvgIpc) is 3.53. The van der Waals surface area contributed by atoms with Crippen LogP contribution in [0.1, 0.15) is 43.1 Å². The Balaban J connectivity index is 1.44. The number of aromatic nitrogens is 4. The standard InChI is InChI=1S/C21H25ClN6OS/c1-2-17(28-25-20(24-26-28)15-7-9-16(22)10-8-15)21(29)23-14-18(19-6-5-13-30-19)27-11-3-4-12-27/h5-10,13,17-18H,2-4,11-12,14H2,1H3,(H,23,29)/t17-,18-/m1/s1. The van der Waals surface area contributed by atoms with Gasteiger partial charge in [-0.15, -0.1) is 21.5 Å². The Morgan fingerprint density at radius 1 is 1.23 bits per heavy atom. The monoisotopic (exact) mass is 444 g/mol. The number of nitrogens with one attached hydrogen (secondary N) is 1. The van der Waals surface area contributed by atoms with E-state index in [1.807, 2.05) is 19.1 Å². The number of thiophene rings is 1. The minimum Gasteiger partial charge on any atom is -0.352 e. The molecule has 3 heterocycles. The summed E-state index contributed by atoms with van der Waals surface area (Å²) in [7, 11) is 0. The second-order valence-corrected chi connectivity index (χ2v) is 8.80. The third kappa shape index (κ3) is 4.71. The largest absolute Gasteiger partial charge is 0.352 e. The summed E-state index contributed by atoms with van der Waals surface area (Å²) in [5.41, 5.74) is 0.813. The second-order valence-electron chi connectivity index (χ2n) is 7.38. The van der Waals surface area contributed by atoms with E-state index >= 15 is 0 Å². The molecule has 1 N–H and O–H groups in total. The SMILES string of the molecule is CC[C@H](C(=O)NC[C@H](c1cccs1)N1CCCC1)n1nnc(-c2ccc(Cl)cc2)n1. The number of rotatable bonds is 8. The molecule has 1 aromatic carbocycles. The number of likely N-dealkylation sites (tertiary alicyclic amines) is 1. The molecule has 1 saturated heterocycles. The highest BCUT2D eigenvalue weighted by Crippen LogP contribution is 2.28. The van der Waals surface area contributed by atoms with Crippen LogP contribution in [0.5, 0.6) is 0 Å². The molecular formula is C21H25ClN6OS. The van der Waals surface area contributed by atoms with E-state index < -0.39 is 6.04 Å². The van der Waals surface area contributed by atoms with Crippen molar-refractivity contribution in [2.75, 3.05) is 19.6 Å². The molecule has 1 aliphatic heterocycles. The fraction of sp³-hybridized carbons (Fsp3) is 0.429. The normalized spacial score (nSPS) is 16.5. The number of hydrogen-bond acceptors (Lipinski definition) is 6. The van der Waals surface area contributed by atoms with Crippen LogP contribution in [0.3, 0.4) is 0 Å². The van der Waals surface area contributed by atoms with Crippen molar-refractivity contribution >= 4 is 28.8 Å². The molecule has 9 heteroatoms. The molecule has 0 spiro atoms. The zero-order valence-corrected chi connectivity index (χ0v) is 18.4. The van der Waals surface area contributed by atoms with Gasteiger partial charge in [-0.25, -0.2) is 0 Å². The molecule has 0 radical (unpaired) electrons. The number of amides is 1. The van der Waals surface area contributed by atoms with Crippen molar-refractivity contribution in [2.24, 2.45) is 0 Å². The number of carbonyl (C=O) groups is 1. The topological polar surface area (TPSA) is 75.9 Å². The zero-order valence-electron chi connectivity index (χ0n) is 16.9. The van der Waals surface area contributed by atoms with Gasteiger partial charge in [0.2, 0.25) is 11.7 Å². The van der Waals surface area contributed by atoms with Crippen molar-refractivity contribution in [2.45, 2.75) is 38.3 Å². The number of carbonyl (C=O) groups excluding carboxylic acids is 1. The van der Waals surface area contributed by atoms with E-state index in [2.05, 4.69) is 43.1 Å². The molecule has 0 saturated carbocycles. The first-order chi connectivity index (χ1) is 14.7. The van der Waals surface area contributed by atoms with Gasteiger partial charge in [-0.3, -0.25) is 9.69 Å². The maximum absolute atomic E-state index is 13.0. The summed E-state index contributed by atoms with van der Waals surface area (Å²) in [4.78, 5) is 18.1. The Labute approximate surface area is 185 Å². The average molecular weight is 445 g/mol. The number of tetrazole rings is 1. The molecule has 30 heavy (non-hydrogen) atoms. The summed E-state index contributed by atoms with van der Waals surface area (Å²) in [6.45, 7) is 4.68. The van der Waals surface area contributed by atoms with Gasteiger partial charge in [0.25, 0.3) is 0 Å². The van der Waals surface area contributed by atoms with Crippen LogP contribution in [0.15, 0.2) is 41.8 Å². The molecular weight excluding hydrogens is 420 g/mol. The minimum absolute atomic E-state index is 0.0849. The maximum atomic E-state index is 13.0. The highest BCUT2D eigenvalue weighted by atomic mass is 35.5. The summed E-state index contributed by atoms with van der Waals surface area (Å²) >= 11 is 7.69. The number of halogens is 1. The molecule has 1 aliphatic rings. The molecule has 2 aromatic heterocycles. The number of nitrogens with zero attached hydrogens (tertiary/aromatic N) is 5. The van der Waals surface area contributed by atoms with Crippen LogP contribution in [-0.4, -0.2) is 50.6 Å². The zero-order chi connectivity index (χ0) is 20.9. The Hall–Kier alpha value is -2.29. The Bertz CT molecular complexity index is 952. The van der Waals surface area contributed by atoms with Crippen molar-refractivity contribution in [1.29, 1.82) is 0 Å². The third-order valence-corrected chi connectivity index (χ3v) is 6.65. The molecule has 7 nitrogen and oxygen atoms in total. The van der Waals surface area contributed by atoms with Gasteiger partial charge in [0.05, 0.1) is 6.04 Å². The summed E-state index contributed by atoms with van der Waals surface area (Å²) in [5, 5.41) is 18.6. The first-order valence-electron chi connectivity index (χ1n) is 10.3. The number of hydrogen-bond donors (Lipinski definition) is 1. The van der Waals surface area contributed by atoms with Crippen LogP contribution < -0.4 is 5.32 Å². The van der Waals surface area contributed by atoms with E-state index in [1.54, 1.807) is 23.5 Å². The molecule has 0 aliphatic carbocycles. The van der Waals surface area contributed by atoms with Crippen LogP contribution in [0.2, 0.25) is 5.02 Å². The Kier molecular flexibility index (Phi) is 6.76. The highest BCUT2D eigenvalue weighted by molar-refractivity contribution is 7.10. The number of benzene rings is 1. The Morgan fingerprint density at radius 3 is 2.67 bits per heavy atom. The lowest BCUT2D eigenvalue weighted by molar-refractivity contribution is -0.125. The van der Waals surface area contributed by atoms with E-state index in [0.29, 0.717) is 23.8 Å². The van der Waals surface area contributed by atoms with Gasteiger partial charge in [-0.1, -0.05) is 24.6 Å². The minimum atomic E-state index is -0.499. The van der Waals surface area contributed by atoms with Crippen molar-refractivity contribution in [3.8, 4) is 11.4 Å². The summed E-state index contributed by atoms with van der Waals surface area (Å²) < 4.78 is 0. The Morgan fingerprint density at radius 2 is 2.00 bits per heavy atom. The molecule has 2 atom stereocenters. The lowest BCUT2D eigenvalue weighted by Gasteiger charge is -2.27. The quantitative estimate of drug-likeness (QED) is 0.569. The first-order valence-corrected chi connectivity index (χ1v) is 11.5. The summed E-state index contributed by atoms with van der Waals surface area (Å²) in [6, 6.07) is 11.2. The van der Waals surface area contributed by atoms with Crippen LogP contribution in [0.25, 0.3) is 11.4 Å². The molecule has 158 valence electrons. The predicted octanol–water partition coefficient (Wildman–Crippen LogP) is 3.96. The molecule has 1 amide bonds. The van der Waals surface area contributed by atoms with E-state index in [9.17, 15) is 4.79 Å².